The van der Waals surface area contributed by atoms with E-state index >= 15 is 0 Å². The first kappa shape index (κ1) is 12.1. The molecule has 0 saturated heterocycles. The second kappa shape index (κ2) is 4.28. The molecule has 0 amide bonds. The Kier molecular flexibility index (Phi) is 2.72. The highest BCUT2D eigenvalue weighted by Crippen LogP contribution is 2.29. The SMILES string of the molecule is Cc1cc(-c2nc3cccc(C)n3c2N)ccc1Cl. The van der Waals surface area contributed by atoms with Crippen LogP contribution in [-0.2, 0) is 0 Å². The van der Waals surface area contributed by atoms with Crippen molar-refractivity contribution in [1.82, 2.24) is 9.38 Å². The van der Waals surface area contributed by atoms with E-state index in [2.05, 4.69) is 4.98 Å². The Balaban J connectivity index is 2.28. The number of hydrogen-bond donors (Lipinski definition) is 1. The zero-order valence-corrected chi connectivity index (χ0v) is 11.6. The molecule has 0 atom stereocenters. The smallest absolute Gasteiger partial charge is 0.139 e. The summed E-state index contributed by atoms with van der Waals surface area (Å²) in [5.41, 5.74) is 11.0. The van der Waals surface area contributed by atoms with Gasteiger partial charge in [0.05, 0.1) is 0 Å². The Morgan fingerprint density at radius 2 is 1.95 bits per heavy atom. The maximum Gasteiger partial charge on any atom is 0.139 e. The van der Waals surface area contributed by atoms with E-state index in [-0.39, 0.29) is 0 Å². The molecule has 4 heteroatoms. The Labute approximate surface area is 116 Å². The molecule has 0 saturated carbocycles. The number of imidazole rings is 1. The van der Waals surface area contributed by atoms with Gasteiger partial charge in [-0.05, 0) is 43.7 Å². The van der Waals surface area contributed by atoms with Crippen molar-refractivity contribution in [3.05, 3.63) is 52.7 Å². The maximum absolute atomic E-state index is 6.23. The molecule has 0 aliphatic carbocycles. The highest BCUT2D eigenvalue weighted by Gasteiger charge is 2.12. The van der Waals surface area contributed by atoms with Crippen LogP contribution in [0.2, 0.25) is 5.02 Å². The summed E-state index contributed by atoms with van der Waals surface area (Å²) in [6, 6.07) is 11.8. The molecule has 0 fully saturated rings. The summed E-state index contributed by atoms with van der Waals surface area (Å²) in [7, 11) is 0. The maximum atomic E-state index is 6.23. The fraction of sp³-hybridized carbons (Fsp3) is 0.133. The summed E-state index contributed by atoms with van der Waals surface area (Å²) in [6.45, 7) is 3.99. The summed E-state index contributed by atoms with van der Waals surface area (Å²) in [5, 5.41) is 0.752. The Morgan fingerprint density at radius 3 is 2.63 bits per heavy atom. The molecule has 2 N–H and O–H groups in total. The number of hydrogen-bond acceptors (Lipinski definition) is 2. The van der Waals surface area contributed by atoms with Crippen LogP contribution < -0.4 is 5.73 Å². The molecule has 0 aliphatic heterocycles. The van der Waals surface area contributed by atoms with Crippen LogP contribution in [0.3, 0.4) is 0 Å². The Hall–Kier alpha value is -2.00. The summed E-state index contributed by atoms with van der Waals surface area (Å²) in [4.78, 5) is 4.61. The molecule has 3 aromatic rings. The second-order valence-electron chi connectivity index (χ2n) is 4.67. The standard InChI is InChI=1S/C15H14ClN3/c1-9-8-11(6-7-12(9)16)14-15(17)19-10(2)4-3-5-13(19)18-14/h3-8H,17H2,1-2H3. The van der Waals surface area contributed by atoms with Gasteiger partial charge in [0, 0.05) is 16.3 Å². The number of anilines is 1. The number of rotatable bonds is 1. The van der Waals surface area contributed by atoms with Crippen molar-refractivity contribution in [3.63, 3.8) is 0 Å². The van der Waals surface area contributed by atoms with Crippen LogP contribution in [0.25, 0.3) is 16.9 Å². The molecule has 1 aromatic carbocycles. The van der Waals surface area contributed by atoms with E-state index in [1.165, 1.54) is 0 Å². The normalized spacial score (nSPS) is 11.1. The van der Waals surface area contributed by atoms with Gasteiger partial charge >= 0.3 is 0 Å². The number of nitrogens with zero attached hydrogens (tertiary/aromatic N) is 2. The van der Waals surface area contributed by atoms with Gasteiger partial charge in [0.1, 0.15) is 17.2 Å². The second-order valence-corrected chi connectivity index (χ2v) is 5.08. The summed E-state index contributed by atoms with van der Waals surface area (Å²) >= 11 is 6.05. The van der Waals surface area contributed by atoms with Crippen LogP contribution >= 0.6 is 11.6 Å². The van der Waals surface area contributed by atoms with Gasteiger partial charge < -0.3 is 5.73 Å². The van der Waals surface area contributed by atoms with Crippen molar-refractivity contribution in [2.75, 3.05) is 5.73 Å². The third-order valence-corrected chi connectivity index (χ3v) is 3.73. The highest BCUT2D eigenvalue weighted by atomic mass is 35.5. The van der Waals surface area contributed by atoms with Crippen molar-refractivity contribution in [1.29, 1.82) is 0 Å². The summed E-state index contributed by atoms with van der Waals surface area (Å²) in [5.74, 6) is 0.662. The van der Waals surface area contributed by atoms with Gasteiger partial charge in [0.25, 0.3) is 0 Å². The number of aromatic nitrogens is 2. The van der Waals surface area contributed by atoms with Gasteiger partial charge in [-0.3, -0.25) is 4.40 Å². The molecule has 2 aromatic heterocycles. The first-order valence-corrected chi connectivity index (χ1v) is 6.46. The molecule has 19 heavy (non-hydrogen) atoms. The number of fused-ring (bicyclic) bond motifs is 1. The lowest BCUT2D eigenvalue weighted by Crippen LogP contribution is -1.97. The van der Waals surface area contributed by atoms with Crippen molar-refractivity contribution in [2.45, 2.75) is 13.8 Å². The monoisotopic (exact) mass is 271 g/mol. The van der Waals surface area contributed by atoms with Gasteiger partial charge in [-0.25, -0.2) is 4.98 Å². The van der Waals surface area contributed by atoms with Crippen LogP contribution in [0.5, 0.6) is 0 Å². The average Bonchev–Trinajstić information content (AvgIpc) is 2.72. The summed E-state index contributed by atoms with van der Waals surface area (Å²) < 4.78 is 1.96. The van der Waals surface area contributed by atoms with Crippen LogP contribution in [0.1, 0.15) is 11.3 Å². The zero-order valence-electron chi connectivity index (χ0n) is 10.8. The molecular formula is C15H14ClN3. The van der Waals surface area contributed by atoms with E-state index in [4.69, 9.17) is 17.3 Å². The Morgan fingerprint density at radius 1 is 1.16 bits per heavy atom. The largest absolute Gasteiger partial charge is 0.383 e. The lowest BCUT2D eigenvalue weighted by atomic mass is 10.1. The molecule has 0 unspecified atom stereocenters. The topological polar surface area (TPSA) is 43.3 Å². The first-order valence-electron chi connectivity index (χ1n) is 6.08. The van der Waals surface area contributed by atoms with Crippen LogP contribution in [0, 0.1) is 13.8 Å². The van der Waals surface area contributed by atoms with Gasteiger partial charge in [-0.1, -0.05) is 23.7 Å². The molecule has 96 valence electrons. The molecule has 0 spiro atoms. The quantitative estimate of drug-likeness (QED) is 0.730. The van der Waals surface area contributed by atoms with E-state index in [9.17, 15) is 0 Å². The molecule has 3 nitrogen and oxygen atoms in total. The molecule has 3 rings (SSSR count). The number of nitrogens with two attached hydrogens (primary N) is 1. The Bertz CT molecular complexity index is 774. The van der Waals surface area contributed by atoms with E-state index in [0.29, 0.717) is 5.82 Å². The molecule has 0 bridgehead atoms. The van der Waals surface area contributed by atoms with Crippen molar-refractivity contribution >= 4 is 23.1 Å². The fourth-order valence-corrected chi connectivity index (χ4v) is 2.40. The van der Waals surface area contributed by atoms with Crippen LogP contribution in [-0.4, -0.2) is 9.38 Å². The lowest BCUT2D eigenvalue weighted by Gasteiger charge is -2.04. The minimum atomic E-state index is 0.662. The lowest BCUT2D eigenvalue weighted by molar-refractivity contribution is 1.10. The predicted octanol–water partition coefficient (Wildman–Crippen LogP) is 3.85. The van der Waals surface area contributed by atoms with Crippen molar-refractivity contribution in [2.24, 2.45) is 0 Å². The number of halogens is 1. The molecular weight excluding hydrogens is 258 g/mol. The third-order valence-electron chi connectivity index (χ3n) is 3.31. The van der Waals surface area contributed by atoms with E-state index in [1.54, 1.807) is 0 Å². The number of aryl methyl sites for hydroxylation is 2. The number of benzene rings is 1. The van der Waals surface area contributed by atoms with E-state index in [1.807, 2.05) is 54.6 Å². The van der Waals surface area contributed by atoms with Gasteiger partial charge in [0.15, 0.2) is 0 Å². The van der Waals surface area contributed by atoms with Crippen molar-refractivity contribution in [3.8, 4) is 11.3 Å². The number of nitrogen functional groups attached to an aromatic ring is 1. The predicted molar refractivity (Wildman–Crippen MR) is 79.5 cm³/mol. The number of pyridine rings is 1. The van der Waals surface area contributed by atoms with Gasteiger partial charge in [0.2, 0.25) is 0 Å². The molecule has 0 radical (unpaired) electrons. The third kappa shape index (κ3) is 1.87. The highest BCUT2D eigenvalue weighted by molar-refractivity contribution is 6.31. The summed E-state index contributed by atoms with van der Waals surface area (Å²) in [6.07, 6.45) is 0. The van der Waals surface area contributed by atoms with Crippen LogP contribution in [0.4, 0.5) is 5.82 Å². The van der Waals surface area contributed by atoms with Gasteiger partial charge in [-0.15, -0.1) is 0 Å². The van der Waals surface area contributed by atoms with Crippen molar-refractivity contribution < 1.29 is 0 Å². The average molecular weight is 272 g/mol. The molecule has 2 heterocycles. The minimum Gasteiger partial charge on any atom is -0.383 e. The minimum absolute atomic E-state index is 0.662. The zero-order chi connectivity index (χ0) is 13.6. The van der Waals surface area contributed by atoms with Crippen LogP contribution in [0.15, 0.2) is 36.4 Å². The molecule has 0 aliphatic rings. The first-order chi connectivity index (χ1) is 9.08. The van der Waals surface area contributed by atoms with E-state index < -0.39 is 0 Å². The van der Waals surface area contributed by atoms with Gasteiger partial charge in [-0.2, -0.15) is 0 Å². The van der Waals surface area contributed by atoms with E-state index in [0.717, 1.165) is 33.2 Å². The fourth-order valence-electron chi connectivity index (χ4n) is 2.29.